The van der Waals surface area contributed by atoms with E-state index in [1.807, 2.05) is 14.7 Å². The van der Waals surface area contributed by atoms with E-state index in [0.29, 0.717) is 90.1 Å². The molecule has 0 aromatic carbocycles. The number of likely N-dealkylation sites (tertiary alicyclic amines) is 1. The van der Waals surface area contributed by atoms with Crippen molar-refractivity contribution in [1.29, 1.82) is 0 Å². The second kappa shape index (κ2) is 14.8. The molecule has 0 aliphatic carbocycles. The maximum atomic E-state index is 13.9. The third kappa shape index (κ3) is 7.97. The maximum absolute atomic E-state index is 13.9. The number of nitrogen functional groups attached to an aromatic ring is 1. The van der Waals surface area contributed by atoms with E-state index in [1.165, 1.54) is 6.20 Å². The van der Waals surface area contributed by atoms with Gasteiger partial charge in [0.1, 0.15) is 5.69 Å². The summed E-state index contributed by atoms with van der Waals surface area (Å²) in [4.78, 5) is 54.1. The van der Waals surface area contributed by atoms with Crippen LogP contribution in [0.1, 0.15) is 25.0 Å². The van der Waals surface area contributed by atoms with Gasteiger partial charge >= 0.3 is 0 Å². The number of carbonyl (C=O) groups excluding carboxylic acids is 2. The molecular formula is C27H37F2N11O4S. The first-order chi connectivity index (χ1) is 21.7. The van der Waals surface area contributed by atoms with Gasteiger partial charge in [-0.05, 0) is 18.9 Å². The van der Waals surface area contributed by atoms with Crippen molar-refractivity contribution in [2.24, 2.45) is 5.92 Å². The van der Waals surface area contributed by atoms with Crippen molar-refractivity contribution in [2.75, 3.05) is 93.4 Å². The fourth-order valence-electron chi connectivity index (χ4n) is 5.42. The Kier molecular flexibility index (Phi) is 10.6. The molecule has 18 heteroatoms. The molecular weight excluding hydrogens is 612 g/mol. The van der Waals surface area contributed by atoms with E-state index in [2.05, 4.69) is 42.9 Å². The lowest BCUT2D eigenvalue weighted by molar-refractivity contribution is -0.134. The van der Waals surface area contributed by atoms with Crippen molar-refractivity contribution in [1.82, 2.24) is 40.0 Å². The number of amides is 2. The molecule has 3 aliphatic rings. The smallest absolute Gasteiger partial charge is 0.281 e. The predicted molar refractivity (Wildman–Crippen MR) is 164 cm³/mol. The van der Waals surface area contributed by atoms with Gasteiger partial charge in [0.2, 0.25) is 29.7 Å². The maximum Gasteiger partial charge on any atom is 0.281 e. The van der Waals surface area contributed by atoms with Gasteiger partial charge in [0.05, 0.1) is 25.3 Å². The number of piperidine rings is 1. The highest BCUT2D eigenvalue weighted by molar-refractivity contribution is 7.80. The Bertz CT molecular complexity index is 1380. The van der Waals surface area contributed by atoms with Gasteiger partial charge in [-0.3, -0.25) is 9.59 Å². The first-order valence-electron chi connectivity index (χ1n) is 14.8. The van der Waals surface area contributed by atoms with E-state index in [9.17, 15) is 23.5 Å². The summed E-state index contributed by atoms with van der Waals surface area (Å²) in [5, 5.41) is 12.8. The topological polar surface area (TPSA) is 179 Å². The van der Waals surface area contributed by atoms with Gasteiger partial charge in [0, 0.05) is 70.2 Å². The van der Waals surface area contributed by atoms with Crippen molar-refractivity contribution < 1.29 is 28.2 Å². The van der Waals surface area contributed by atoms with Crippen molar-refractivity contribution in [2.45, 2.75) is 19.3 Å². The lowest BCUT2D eigenvalue weighted by Gasteiger charge is -2.35. The predicted octanol–water partition coefficient (Wildman–Crippen LogP) is 0.491. The quantitative estimate of drug-likeness (QED) is 0.218. The number of hydrogen-bond donors (Lipinski definition) is 4. The minimum atomic E-state index is -2.92. The monoisotopic (exact) mass is 649 g/mol. The standard InChI is InChI=1S/C27H37F2N11O4S/c28-22(29)21-18(15-32-25(30)33-21)23-34-26(36-27(35-23)40-10-12-44-13-11-40)39-8-6-38(7-9-39)20(42)16-31-24(43)17-1-4-37(5-2-17)19(41)3-14-45/h3,15,17,22,41,45H,1-2,4-14,16H2,(H,31,43)(H2,30,32,33)/b19-3+. The summed E-state index contributed by atoms with van der Waals surface area (Å²) in [6, 6.07) is 0. The molecule has 5 rings (SSSR count). The van der Waals surface area contributed by atoms with Gasteiger partial charge in [-0.15, -0.1) is 0 Å². The minimum Gasteiger partial charge on any atom is -0.495 e. The number of nitrogens with one attached hydrogen (secondary N) is 1. The van der Waals surface area contributed by atoms with Crippen molar-refractivity contribution in [3.8, 4) is 11.4 Å². The molecule has 5 heterocycles. The molecule has 0 spiro atoms. The minimum absolute atomic E-state index is 0.00298. The number of piperazine rings is 1. The van der Waals surface area contributed by atoms with Gasteiger partial charge in [-0.1, -0.05) is 0 Å². The van der Waals surface area contributed by atoms with E-state index in [0.717, 1.165) is 0 Å². The molecule has 3 aliphatic heterocycles. The van der Waals surface area contributed by atoms with Crippen molar-refractivity contribution >= 4 is 42.3 Å². The van der Waals surface area contributed by atoms with Crippen molar-refractivity contribution in [3.05, 3.63) is 23.8 Å². The number of hydrogen-bond acceptors (Lipinski definition) is 14. The summed E-state index contributed by atoms with van der Waals surface area (Å²) >= 11 is 4.09. The first-order valence-corrected chi connectivity index (χ1v) is 15.4. The first kappa shape index (κ1) is 32.3. The molecule has 3 saturated heterocycles. The Labute approximate surface area is 264 Å². The Balaban J connectivity index is 1.21. The van der Waals surface area contributed by atoms with E-state index in [4.69, 9.17) is 10.5 Å². The number of aliphatic hydroxyl groups is 1. The summed E-state index contributed by atoms with van der Waals surface area (Å²) in [5.41, 5.74) is 4.95. The third-order valence-corrected chi connectivity index (χ3v) is 8.17. The van der Waals surface area contributed by atoms with Crippen LogP contribution in [0.5, 0.6) is 0 Å². The number of ether oxygens (including phenoxy) is 1. The largest absolute Gasteiger partial charge is 0.495 e. The fraction of sp³-hybridized carbons (Fsp3) is 0.593. The fourth-order valence-corrected chi connectivity index (χ4v) is 5.59. The molecule has 0 atom stereocenters. The lowest BCUT2D eigenvalue weighted by atomic mass is 9.96. The van der Waals surface area contributed by atoms with Crippen LogP contribution in [0.15, 0.2) is 18.2 Å². The molecule has 0 radical (unpaired) electrons. The Morgan fingerprint density at radius 1 is 1.00 bits per heavy atom. The number of halogens is 2. The highest BCUT2D eigenvalue weighted by atomic mass is 32.1. The number of aliphatic hydroxyl groups excluding tert-OH is 1. The van der Waals surface area contributed by atoms with Crippen LogP contribution in [0.4, 0.5) is 26.6 Å². The van der Waals surface area contributed by atoms with Crippen LogP contribution in [0.25, 0.3) is 11.4 Å². The normalized spacial score (nSPS) is 18.4. The average Bonchev–Trinajstić information content (AvgIpc) is 3.07. The Morgan fingerprint density at radius 2 is 1.64 bits per heavy atom. The van der Waals surface area contributed by atoms with Gasteiger partial charge in [0.15, 0.2) is 11.7 Å². The highest BCUT2D eigenvalue weighted by Crippen LogP contribution is 2.30. The zero-order valence-corrected chi connectivity index (χ0v) is 25.6. The van der Waals surface area contributed by atoms with Crippen LogP contribution < -0.4 is 20.9 Å². The summed E-state index contributed by atoms with van der Waals surface area (Å²) < 4.78 is 33.2. The van der Waals surface area contributed by atoms with E-state index in [-0.39, 0.29) is 53.4 Å². The molecule has 244 valence electrons. The Morgan fingerprint density at radius 3 is 2.27 bits per heavy atom. The second-order valence-electron chi connectivity index (χ2n) is 10.8. The van der Waals surface area contributed by atoms with Gasteiger partial charge in [0.25, 0.3) is 6.43 Å². The van der Waals surface area contributed by atoms with E-state index >= 15 is 0 Å². The summed E-state index contributed by atoms with van der Waals surface area (Å²) in [5.74, 6) is 0.287. The lowest BCUT2D eigenvalue weighted by Crippen LogP contribution is -2.52. The van der Waals surface area contributed by atoms with Crippen LogP contribution >= 0.6 is 12.6 Å². The molecule has 0 bridgehead atoms. The number of aromatic nitrogens is 5. The highest BCUT2D eigenvalue weighted by Gasteiger charge is 2.29. The third-order valence-electron chi connectivity index (χ3n) is 7.98. The number of nitrogens with zero attached hydrogens (tertiary/aromatic N) is 9. The van der Waals surface area contributed by atoms with E-state index < -0.39 is 12.1 Å². The van der Waals surface area contributed by atoms with Gasteiger partial charge in [-0.2, -0.15) is 27.6 Å². The average molecular weight is 650 g/mol. The van der Waals surface area contributed by atoms with Gasteiger partial charge < -0.3 is 40.5 Å². The zero-order chi connectivity index (χ0) is 31.9. The van der Waals surface area contributed by atoms with Crippen molar-refractivity contribution in [3.63, 3.8) is 0 Å². The zero-order valence-electron chi connectivity index (χ0n) is 24.7. The molecule has 0 unspecified atom stereocenters. The number of carbonyl (C=O) groups is 2. The second-order valence-corrected chi connectivity index (χ2v) is 11.1. The number of alkyl halides is 2. The molecule has 2 aromatic rings. The molecule has 2 amide bonds. The number of thiol groups is 1. The number of anilines is 3. The van der Waals surface area contributed by atoms with Gasteiger partial charge in [-0.25, -0.2) is 18.7 Å². The molecule has 15 nitrogen and oxygen atoms in total. The van der Waals surface area contributed by atoms with Crippen LogP contribution in [-0.4, -0.2) is 130 Å². The van der Waals surface area contributed by atoms with E-state index in [1.54, 1.807) is 11.0 Å². The summed E-state index contributed by atoms with van der Waals surface area (Å²) in [6.07, 6.45) is 1.03. The molecule has 0 saturated carbocycles. The SMILES string of the molecule is Nc1ncc(-c2nc(N3CCOCC3)nc(N3CCN(C(=O)CNC(=O)C4CCN(/C(O)=C\CS)CC4)CC3)n2)c(C(F)F)n1. The molecule has 2 aromatic heterocycles. The molecule has 3 fully saturated rings. The van der Waals surface area contributed by atoms with Crippen LogP contribution in [0.2, 0.25) is 0 Å². The van der Waals surface area contributed by atoms with Crippen LogP contribution in [0, 0.1) is 5.92 Å². The molecule has 4 N–H and O–H groups in total. The summed E-state index contributed by atoms with van der Waals surface area (Å²) in [6.45, 7) is 4.42. The number of morpholine rings is 1. The molecule has 45 heavy (non-hydrogen) atoms. The number of rotatable bonds is 9. The van der Waals surface area contributed by atoms with Crippen LogP contribution in [0.3, 0.4) is 0 Å². The van der Waals surface area contributed by atoms with Crippen LogP contribution in [-0.2, 0) is 14.3 Å². The number of nitrogens with two attached hydrogens (primary N) is 1. The Hall–Kier alpha value is -4.06. The summed E-state index contributed by atoms with van der Waals surface area (Å²) in [7, 11) is 0.